The second kappa shape index (κ2) is 9.38. The molecule has 1 aliphatic rings. The molecule has 2 aromatic rings. The summed E-state index contributed by atoms with van der Waals surface area (Å²) in [5.74, 6) is 0. The standard InChI is InChI=1S/C9H10O.C9H16.C6H7N/c1-7-3-8(2)5-9(4-7)6-10;1-8(2)5-6-9(3,4)7-8;7-6-4-2-1-3-5-6/h3-6H,1-2H3;5-6H,7H2,1-4H3;1-5H,7H2. The van der Waals surface area contributed by atoms with Gasteiger partial charge in [-0.1, -0.05) is 75.2 Å². The van der Waals surface area contributed by atoms with Gasteiger partial charge < -0.3 is 5.73 Å². The lowest BCUT2D eigenvalue weighted by Crippen LogP contribution is -2.11. The van der Waals surface area contributed by atoms with Crippen LogP contribution in [0.25, 0.3) is 0 Å². The predicted molar refractivity (Wildman–Crippen MR) is 113 cm³/mol. The molecule has 2 aromatic carbocycles. The first-order valence-electron chi connectivity index (χ1n) is 9.07. The maximum absolute atomic E-state index is 10.3. The van der Waals surface area contributed by atoms with Gasteiger partial charge in [0.1, 0.15) is 6.29 Å². The third-order valence-electron chi connectivity index (χ3n) is 4.08. The van der Waals surface area contributed by atoms with Crippen molar-refractivity contribution < 1.29 is 4.79 Å². The molecule has 1 aliphatic carbocycles. The minimum Gasteiger partial charge on any atom is -0.399 e. The molecule has 0 radical (unpaired) electrons. The SMILES string of the molecule is CC1(C)C=CC(C)(C)C1.Cc1cc(C)cc(C=O)c1.Nc1ccccc1. The monoisotopic (exact) mass is 351 g/mol. The summed E-state index contributed by atoms with van der Waals surface area (Å²) in [6.07, 6.45) is 6.82. The molecule has 140 valence electrons. The number of rotatable bonds is 1. The van der Waals surface area contributed by atoms with Crippen LogP contribution in [0.15, 0.2) is 60.7 Å². The number of allylic oxidation sites excluding steroid dienone is 2. The fourth-order valence-electron chi connectivity index (χ4n) is 3.27. The molecule has 3 rings (SSSR count). The molecule has 0 bridgehead atoms. The van der Waals surface area contributed by atoms with E-state index in [1.54, 1.807) is 0 Å². The van der Waals surface area contributed by atoms with E-state index in [1.165, 1.54) is 6.42 Å². The molecule has 0 atom stereocenters. The van der Waals surface area contributed by atoms with Crippen LogP contribution in [-0.4, -0.2) is 6.29 Å². The van der Waals surface area contributed by atoms with E-state index in [0.29, 0.717) is 10.8 Å². The summed E-state index contributed by atoms with van der Waals surface area (Å²) in [5, 5.41) is 0. The third-order valence-corrected chi connectivity index (χ3v) is 4.08. The highest BCUT2D eigenvalue weighted by Crippen LogP contribution is 2.42. The van der Waals surface area contributed by atoms with Gasteiger partial charge in [0.25, 0.3) is 0 Å². The molecule has 26 heavy (non-hydrogen) atoms. The zero-order chi connectivity index (χ0) is 19.8. The predicted octanol–water partition coefficient (Wildman–Crippen LogP) is 6.38. The van der Waals surface area contributed by atoms with E-state index in [-0.39, 0.29) is 0 Å². The van der Waals surface area contributed by atoms with E-state index >= 15 is 0 Å². The number of nitrogen functional groups attached to an aromatic ring is 1. The Morgan fingerprint density at radius 2 is 1.31 bits per heavy atom. The second-order valence-electron chi connectivity index (χ2n) is 8.44. The van der Waals surface area contributed by atoms with Gasteiger partial charge in [-0.3, -0.25) is 4.79 Å². The summed E-state index contributed by atoms with van der Waals surface area (Å²) in [7, 11) is 0. The summed E-state index contributed by atoms with van der Waals surface area (Å²) in [6, 6.07) is 15.3. The maximum Gasteiger partial charge on any atom is 0.150 e. The molecule has 0 saturated heterocycles. The van der Waals surface area contributed by atoms with Crippen molar-refractivity contribution in [3.05, 3.63) is 77.4 Å². The quantitative estimate of drug-likeness (QED) is 0.368. The van der Waals surface area contributed by atoms with Crippen molar-refractivity contribution in [2.75, 3.05) is 5.73 Å². The van der Waals surface area contributed by atoms with Crippen LogP contribution in [0.5, 0.6) is 0 Å². The number of benzene rings is 2. The van der Waals surface area contributed by atoms with Crippen molar-refractivity contribution in [2.24, 2.45) is 10.8 Å². The number of carbonyl (C=O) groups excluding carboxylic acids is 1. The summed E-state index contributed by atoms with van der Waals surface area (Å²) in [4.78, 5) is 10.3. The number of anilines is 1. The third kappa shape index (κ3) is 8.66. The fourth-order valence-corrected chi connectivity index (χ4v) is 3.27. The van der Waals surface area contributed by atoms with Crippen LogP contribution >= 0.6 is 0 Å². The van der Waals surface area contributed by atoms with E-state index in [0.717, 1.165) is 28.7 Å². The number of hydrogen-bond donors (Lipinski definition) is 1. The van der Waals surface area contributed by atoms with Gasteiger partial charge in [0.15, 0.2) is 0 Å². The number of nitrogens with two attached hydrogens (primary N) is 1. The molecule has 0 aromatic heterocycles. The summed E-state index contributed by atoms with van der Waals surface area (Å²) >= 11 is 0. The van der Waals surface area contributed by atoms with Crippen molar-refractivity contribution >= 4 is 12.0 Å². The van der Waals surface area contributed by atoms with E-state index in [9.17, 15) is 4.79 Å². The second-order valence-corrected chi connectivity index (χ2v) is 8.44. The Morgan fingerprint density at radius 1 is 0.846 bits per heavy atom. The topological polar surface area (TPSA) is 43.1 Å². The van der Waals surface area contributed by atoms with Gasteiger partial charge in [-0.05, 0) is 55.4 Å². The van der Waals surface area contributed by atoms with Gasteiger partial charge in [-0.2, -0.15) is 0 Å². The molecular formula is C24H33NO. The van der Waals surface area contributed by atoms with Crippen molar-refractivity contribution in [2.45, 2.75) is 48.0 Å². The van der Waals surface area contributed by atoms with Crippen LogP contribution in [0.2, 0.25) is 0 Å². The molecule has 0 unspecified atom stereocenters. The van der Waals surface area contributed by atoms with Crippen molar-refractivity contribution in [3.63, 3.8) is 0 Å². The Hall–Kier alpha value is -2.35. The van der Waals surface area contributed by atoms with E-state index in [1.807, 2.05) is 62.4 Å². The lowest BCUT2D eigenvalue weighted by atomic mass is 9.83. The number of hydrogen-bond acceptors (Lipinski definition) is 2. The molecule has 0 spiro atoms. The fraction of sp³-hybridized carbons (Fsp3) is 0.375. The van der Waals surface area contributed by atoms with E-state index in [4.69, 9.17) is 5.73 Å². The minimum atomic E-state index is 0.448. The molecule has 0 heterocycles. The van der Waals surface area contributed by atoms with Gasteiger partial charge in [0.2, 0.25) is 0 Å². The molecule has 0 amide bonds. The molecular weight excluding hydrogens is 318 g/mol. The molecule has 2 N–H and O–H groups in total. The van der Waals surface area contributed by atoms with Crippen molar-refractivity contribution in [1.82, 2.24) is 0 Å². The first-order chi connectivity index (χ1) is 12.0. The molecule has 0 fully saturated rings. The number of aldehydes is 1. The van der Waals surface area contributed by atoms with Crippen LogP contribution in [-0.2, 0) is 0 Å². The molecule has 2 heteroatoms. The van der Waals surface area contributed by atoms with E-state index < -0.39 is 0 Å². The Labute approximate surface area is 159 Å². The largest absolute Gasteiger partial charge is 0.399 e. The van der Waals surface area contributed by atoms with Crippen LogP contribution < -0.4 is 5.73 Å². The Morgan fingerprint density at radius 3 is 1.58 bits per heavy atom. The lowest BCUT2D eigenvalue weighted by molar-refractivity contribution is 0.112. The van der Waals surface area contributed by atoms with Crippen LogP contribution in [0, 0.1) is 24.7 Å². The van der Waals surface area contributed by atoms with Gasteiger partial charge in [0.05, 0.1) is 0 Å². The van der Waals surface area contributed by atoms with Gasteiger partial charge in [0, 0.05) is 11.3 Å². The summed E-state index contributed by atoms with van der Waals surface area (Å²) < 4.78 is 0. The maximum atomic E-state index is 10.3. The summed E-state index contributed by atoms with van der Waals surface area (Å²) in [5.41, 5.74) is 10.1. The Bertz CT molecular complexity index is 691. The normalized spacial score (nSPS) is 15.9. The molecule has 0 saturated carbocycles. The van der Waals surface area contributed by atoms with Gasteiger partial charge in [-0.25, -0.2) is 0 Å². The van der Waals surface area contributed by atoms with E-state index in [2.05, 4.69) is 39.8 Å². The number of para-hydroxylation sites is 1. The average Bonchev–Trinajstić information content (AvgIpc) is 2.80. The van der Waals surface area contributed by atoms with Gasteiger partial charge in [-0.15, -0.1) is 0 Å². The Kier molecular flexibility index (Phi) is 7.82. The zero-order valence-corrected chi connectivity index (χ0v) is 17.0. The molecule has 0 aliphatic heterocycles. The highest BCUT2D eigenvalue weighted by molar-refractivity contribution is 5.75. The first kappa shape index (κ1) is 21.7. The summed E-state index contributed by atoms with van der Waals surface area (Å²) in [6.45, 7) is 13.1. The Balaban J connectivity index is 0.000000198. The van der Waals surface area contributed by atoms with Crippen LogP contribution in [0.1, 0.15) is 55.6 Å². The van der Waals surface area contributed by atoms with Crippen LogP contribution in [0.4, 0.5) is 5.69 Å². The first-order valence-corrected chi connectivity index (χ1v) is 9.07. The lowest BCUT2D eigenvalue weighted by Gasteiger charge is -2.21. The minimum absolute atomic E-state index is 0.448. The average molecular weight is 352 g/mol. The molecule has 2 nitrogen and oxygen atoms in total. The number of aryl methyl sites for hydroxylation is 2. The highest BCUT2D eigenvalue weighted by atomic mass is 16.1. The van der Waals surface area contributed by atoms with Crippen molar-refractivity contribution in [3.8, 4) is 0 Å². The number of carbonyl (C=O) groups is 1. The van der Waals surface area contributed by atoms with Crippen LogP contribution in [0.3, 0.4) is 0 Å². The van der Waals surface area contributed by atoms with Crippen molar-refractivity contribution in [1.29, 1.82) is 0 Å². The van der Waals surface area contributed by atoms with Gasteiger partial charge >= 0.3 is 0 Å². The highest BCUT2D eigenvalue weighted by Gasteiger charge is 2.30. The zero-order valence-electron chi connectivity index (χ0n) is 17.0. The smallest absolute Gasteiger partial charge is 0.150 e.